The summed E-state index contributed by atoms with van der Waals surface area (Å²) in [6.45, 7) is 0. The van der Waals surface area contributed by atoms with E-state index in [2.05, 4.69) is 162 Å². The molecule has 0 heterocycles. The van der Waals surface area contributed by atoms with Crippen molar-refractivity contribution in [1.29, 1.82) is 0 Å². The van der Waals surface area contributed by atoms with Crippen LogP contribution in [0.5, 0.6) is 0 Å². The molecule has 0 aromatic heterocycles. The second kappa shape index (κ2) is 12.6. The Labute approximate surface area is 244 Å². The molecule has 0 fully saturated rings. The Bertz CT molecular complexity index is 1620. The van der Waals surface area contributed by atoms with Crippen LogP contribution >= 0.6 is 0 Å². The lowest BCUT2D eigenvalue weighted by Gasteiger charge is -2.26. The molecular weight excluding hydrogens is 496 g/mol. The lowest BCUT2D eigenvalue weighted by Crippen LogP contribution is -2.10. The largest absolute Gasteiger partial charge is 0.345 e. The van der Waals surface area contributed by atoms with Crippen LogP contribution < -0.4 is 9.80 Å². The zero-order valence-corrected chi connectivity index (χ0v) is 23.7. The van der Waals surface area contributed by atoms with Crippen LogP contribution in [0.4, 0.5) is 28.4 Å². The van der Waals surface area contributed by atoms with Gasteiger partial charge in [-0.05, 0) is 109 Å². The Morgan fingerprint density at radius 3 is 1.68 bits per heavy atom. The summed E-state index contributed by atoms with van der Waals surface area (Å²) in [5.74, 6) is 0. The normalized spacial score (nSPS) is 15.2. The van der Waals surface area contributed by atoms with Gasteiger partial charge in [-0.25, -0.2) is 0 Å². The Morgan fingerprint density at radius 2 is 1.00 bits per heavy atom. The van der Waals surface area contributed by atoms with E-state index in [1.54, 1.807) is 0 Å². The average Bonchev–Trinajstić information content (AvgIpc) is 3.02. The number of rotatable bonds is 7. The van der Waals surface area contributed by atoms with Gasteiger partial charge in [-0.1, -0.05) is 91.0 Å². The molecule has 0 bridgehead atoms. The highest BCUT2D eigenvalue weighted by molar-refractivity contribution is 5.82. The van der Waals surface area contributed by atoms with Crippen LogP contribution in [0.15, 0.2) is 152 Å². The van der Waals surface area contributed by atoms with Crippen LogP contribution in [0.25, 0.3) is 16.7 Å². The summed E-state index contributed by atoms with van der Waals surface area (Å²) in [5.41, 5.74) is 10.8. The van der Waals surface area contributed by atoms with Crippen molar-refractivity contribution in [3.8, 4) is 11.1 Å². The van der Waals surface area contributed by atoms with Gasteiger partial charge in [0.05, 0.1) is 0 Å². The van der Waals surface area contributed by atoms with Gasteiger partial charge in [-0.3, -0.25) is 0 Å². The van der Waals surface area contributed by atoms with Gasteiger partial charge in [0, 0.05) is 35.5 Å². The third-order valence-electron chi connectivity index (χ3n) is 7.80. The van der Waals surface area contributed by atoms with Crippen molar-refractivity contribution < 1.29 is 0 Å². The molecule has 6 rings (SSSR count). The van der Waals surface area contributed by atoms with Crippen LogP contribution in [0.3, 0.4) is 0 Å². The fraction of sp³-hybridized carbons (Fsp3) is 0.128. The monoisotopic (exact) mass is 532 g/mol. The maximum absolute atomic E-state index is 2.39. The van der Waals surface area contributed by atoms with Crippen LogP contribution in [0.2, 0.25) is 0 Å². The van der Waals surface area contributed by atoms with E-state index in [-0.39, 0.29) is 0 Å². The summed E-state index contributed by atoms with van der Waals surface area (Å²) < 4.78 is 0. The van der Waals surface area contributed by atoms with Crippen molar-refractivity contribution in [1.82, 2.24) is 0 Å². The van der Waals surface area contributed by atoms with E-state index >= 15 is 0 Å². The fourth-order valence-corrected chi connectivity index (χ4v) is 5.49. The second-order valence-electron chi connectivity index (χ2n) is 10.6. The van der Waals surface area contributed by atoms with Gasteiger partial charge < -0.3 is 9.80 Å². The quantitative estimate of drug-likeness (QED) is 0.206. The first kappa shape index (κ1) is 26.4. The minimum atomic E-state index is 1.14. The minimum absolute atomic E-state index is 1.14. The van der Waals surface area contributed by atoms with Crippen molar-refractivity contribution >= 4 is 34.0 Å². The van der Waals surface area contributed by atoms with Crippen LogP contribution in [0, 0.1) is 0 Å². The Hall–Kier alpha value is -4.82. The van der Waals surface area contributed by atoms with E-state index in [0.717, 1.165) is 29.9 Å². The standard InChI is InChI=1S/C39H36N2/c1-40(35-17-9-5-10-18-35)36-26-22-32(23-27-36)33-24-28-38(29-25-33)41(37-19-11-6-12-20-37)39-21-13-16-34(30-39)31-14-7-3-2-4-8-15-31/h5-7,9-30H,2-4,8H2,1H3/b14-7-,31-15+. The number of allylic oxidation sites excluding steroid dienone is 4. The highest BCUT2D eigenvalue weighted by Gasteiger charge is 2.14. The highest BCUT2D eigenvalue weighted by Crippen LogP contribution is 2.37. The smallest absolute Gasteiger partial charge is 0.0467 e. The molecule has 41 heavy (non-hydrogen) atoms. The van der Waals surface area contributed by atoms with E-state index < -0.39 is 0 Å². The lowest BCUT2D eigenvalue weighted by atomic mass is 9.99. The van der Waals surface area contributed by atoms with E-state index in [9.17, 15) is 0 Å². The first-order valence-corrected chi connectivity index (χ1v) is 14.6. The van der Waals surface area contributed by atoms with E-state index in [0.29, 0.717) is 0 Å². The summed E-state index contributed by atoms with van der Waals surface area (Å²) in [7, 11) is 2.11. The molecule has 0 atom stereocenters. The number of hydrogen-bond donors (Lipinski definition) is 0. The molecule has 2 heteroatoms. The predicted octanol–water partition coefficient (Wildman–Crippen LogP) is 11.1. The number of benzene rings is 5. The Morgan fingerprint density at radius 1 is 0.463 bits per heavy atom. The Balaban J connectivity index is 1.29. The van der Waals surface area contributed by atoms with Crippen LogP contribution in [-0.2, 0) is 0 Å². The van der Waals surface area contributed by atoms with Gasteiger partial charge in [-0.2, -0.15) is 0 Å². The molecule has 1 aliphatic carbocycles. The summed E-state index contributed by atoms with van der Waals surface area (Å²) in [6, 6.07) is 47.7. The first-order chi connectivity index (χ1) is 20.3. The van der Waals surface area contributed by atoms with Crippen molar-refractivity contribution in [2.45, 2.75) is 25.7 Å². The van der Waals surface area contributed by atoms with Crippen molar-refractivity contribution in [2.75, 3.05) is 16.8 Å². The van der Waals surface area contributed by atoms with Crippen LogP contribution in [0.1, 0.15) is 31.2 Å². The molecule has 202 valence electrons. The summed E-state index contributed by atoms with van der Waals surface area (Å²) in [4.78, 5) is 4.56. The maximum Gasteiger partial charge on any atom is 0.0467 e. The number of nitrogens with zero attached hydrogens (tertiary/aromatic N) is 2. The van der Waals surface area contributed by atoms with E-state index in [1.165, 1.54) is 46.5 Å². The summed E-state index contributed by atoms with van der Waals surface area (Å²) in [6.07, 6.45) is 11.8. The van der Waals surface area contributed by atoms with Gasteiger partial charge in [-0.15, -0.1) is 0 Å². The molecule has 0 radical (unpaired) electrons. The van der Waals surface area contributed by atoms with Gasteiger partial charge in [0.25, 0.3) is 0 Å². The van der Waals surface area contributed by atoms with Crippen molar-refractivity contribution in [3.63, 3.8) is 0 Å². The van der Waals surface area contributed by atoms with E-state index in [4.69, 9.17) is 0 Å². The third kappa shape index (κ3) is 6.18. The number of anilines is 5. The molecule has 0 spiro atoms. The molecule has 0 saturated heterocycles. The van der Waals surface area contributed by atoms with Gasteiger partial charge in [0.1, 0.15) is 0 Å². The molecule has 5 aromatic carbocycles. The van der Waals surface area contributed by atoms with Crippen molar-refractivity contribution in [3.05, 3.63) is 157 Å². The van der Waals surface area contributed by atoms with Gasteiger partial charge in [0.15, 0.2) is 0 Å². The van der Waals surface area contributed by atoms with Gasteiger partial charge >= 0.3 is 0 Å². The number of hydrogen-bond acceptors (Lipinski definition) is 2. The third-order valence-corrected chi connectivity index (χ3v) is 7.80. The molecule has 0 amide bonds. The Kier molecular flexibility index (Phi) is 8.10. The maximum atomic E-state index is 2.39. The van der Waals surface area contributed by atoms with Crippen molar-refractivity contribution in [2.24, 2.45) is 0 Å². The molecule has 5 aromatic rings. The molecule has 0 N–H and O–H groups in total. The highest BCUT2D eigenvalue weighted by atomic mass is 15.1. The molecular formula is C39H36N2. The topological polar surface area (TPSA) is 6.48 Å². The summed E-state index contributed by atoms with van der Waals surface area (Å²) in [5, 5.41) is 0. The zero-order chi connectivity index (χ0) is 27.9. The molecule has 0 unspecified atom stereocenters. The minimum Gasteiger partial charge on any atom is -0.345 e. The molecule has 0 saturated carbocycles. The SMILES string of the molecule is CN(c1ccccc1)c1ccc(-c2ccc(N(c3ccccc3)c3cccc(C4=C/CCCC/C=C\4)c3)cc2)cc1. The second-order valence-corrected chi connectivity index (χ2v) is 10.6. The fourth-order valence-electron chi connectivity index (χ4n) is 5.49. The molecule has 1 aliphatic rings. The average molecular weight is 533 g/mol. The predicted molar refractivity (Wildman–Crippen MR) is 177 cm³/mol. The van der Waals surface area contributed by atoms with E-state index in [1.807, 2.05) is 6.07 Å². The molecule has 2 nitrogen and oxygen atoms in total. The lowest BCUT2D eigenvalue weighted by molar-refractivity contribution is 0.759. The first-order valence-electron chi connectivity index (χ1n) is 14.6. The number of para-hydroxylation sites is 2. The van der Waals surface area contributed by atoms with Crippen LogP contribution in [-0.4, -0.2) is 7.05 Å². The zero-order valence-electron chi connectivity index (χ0n) is 23.7. The van der Waals surface area contributed by atoms with Gasteiger partial charge in [0.2, 0.25) is 0 Å². The molecule has 0 aliphatic heterocycles. The summed E-state index contributed by atoms with van der Waals surface area (Å²) >= 11 is 0.